The lowest BCUT2D eigenvalue weighted by molar-refractivity contribution is 0.755. The number of anilines is 1. The van der Waals surface area contributed by atoms with Gasteiger partial charge in [0.2, 0.25) is 5.96 Å². The Morgan fingerprint density at radius 1 is 1.11 bits per heavy atom. The summed E-state index contributed by atoms with van der Waals surface area (Å²) in [7, 11) is 0. The van der Waals surface area contributed by atoms with Gasteiger partial charge in [-0.15, -0.1) is 0 Å². The van der Waals surface area contributed by atoms with E-state index in [1.165, 1.54) is 25.7 Å². The number of aliphatic imine (C=N–C) groups is 2. The second kappa shape index (κ2) is 6.08. The minimum Gasteiger partial charge on any atom is -0.381 e. The SMILES string of the molecule is NC(N)=NC(N)=Nc1ccccc1NC1CCCC1. The predicted octanol–water partition coefficient (Wildman–Crippen LogP) is 1.26. The van der Waals surface area contributed by atoms with Gasteiger partial charge in [-0.3, -0.25) is 0 Å². The summed E-state index contributed by atoms with van der Waals surface area (Å²) in [5.74, 6) is -0.0387. The van der Waals surface area contributed by atoms with Gasteiger partial charge < -0.3 is 22.5 Å². The van der Waals surface area contributed by atoms with Gasteiger partial charge in [-0.05, 0) is 25.0 Å². The van der Waals surface area contributed by atoms with E-state index in [2.05, 4.69) is 15.3 Å². The van der Waals surface area contributed by atoms with E-state index in [0.717, 1.165) is 11.4 Å². The molecular weight excluding hydrogens is 240 g/mol. The zero-order valence-electron chi connectivity index (χ0n) is 10.8. The van der Waals surface area contributed by atoms with Gasteiger partial charge in [0.05, 0.1) is 11.4 Å². The van der Waals surface area contributed by atoms with Crippen LogP contribution in [0.25, 0.3) is 0 Å². The lowest BCUT2D eigenvalue weighted by atomic mass is 10.2. The first kappa shape index (κ1) is 13.2. The van der Waals surface area contributed by atoms with E-state index in [1.54, 1.807) is 0 Å². The third kappa shape index (κ3) is 3.87. The molecule has 0 aliphatic heterocycles. The Kier molecular flexibility index (Phi) is 4.22. The first-order valence-electron chi connectivity index (χ1n) is 6.44. The van der Waals surface area contributed by atoms with Gasteiger partial charge in [0.15, 0.2) is 5.96 Å². The second-order valence-corrected chi connectivity index (χ2v) is 4.65. The highest BCUT2D eigenvalue weighted by atomic mass is 15.1. The molecular formula is C13H20N6. The lowest BCUT2D eigenvalue weighted by Crippen LogP contribution is -2.26. The smallest absolute Gasteiger partial charge is 0.223 e. The van der Waals surface area contributed by atoms with Crippen LogP contribution >= 0.6 is 0 Å². The molecule has 1 aromatic carbocycles. The van der Waals surface area contributed by atoms with Crippen LogP contribution in [-0.4, -0.2) is 18.0 Å². The Hall–Kier alpha value is -2.24. The summed E-state index contributed by atoms with van der Waals surface area (Å²) >= 11 is 0. The number of guanidine groups is 2. The van der Waals surface area contributed by atoms with E-state index >= 15 is 0 Å². The van der Waals surface area contributed by atoms with E-state index in [4.69, 9.17) is 17.2 Å². The summed E-state index contributed by atoms with van der Waals surface area (Å²) in [5, 5.41) is 3.49. The lowest BCUT2D eigenvalue weighted by Gasteiger charge is -2.15. The van der Waals surface area contributed by atoms with Gasteiger partial charge in [0, 0.05) is 6.04 Å². The highest BCUT2D eigenvalue weighted by Gasteiger charge is 2.15. The number of nitrogens with zero attached hydrogens (tertiary/aromatic N) is 2. The summed E-state index contributed by atoms with van der Waals surface area (Å²) in [4.78, 5) is 7.94. The molecule has 6 nitrogen and oxygen atoms in total. The van der Waals surface area contributed by atoms with Crippen molar-refractivity contribution in [3.05, 3.63) is 24.3 Å². The van der Waals surface area contributed by atoms with Crippen LogP contribution in [0.5, 0.6) is 0 Å². The molecule has 1 saturated carbocycles. The standard InChI is InChI=1S/C13H20N6/c14-12(15)19-13(16)18-11-8-4-3-7-10(11)17-9-5-1-2-6-9/h3-4,7-9,17H,1-2,5-6H2,(H6,14,15,16,18,19). The summed E-state index contributed by atoms with van der Waals surface area (Å²) in [6.07, 6.45) is 4.95. The number of hydrogen-bond donors (Lipinski definition) is 4. The van der Waals surface area contributed by atoms with Gasteiger partial charge in [-0.25, -0.2) is 4.99 Å². The molecule has 0 radical (unpaired) electrons. The van der Waals surface area contributed by atoms with Crippen molar-refractivity contribution >= 4 is 23.3 Å². The minimum absolute atomic E-state index is 0.0562. The quantitative estimate of drug-likeness (QED) is 0.483. The summed E-state index contributed by atoms with van der Waals surface area (Å²) < 4.78 is 0. The minimum atomic E-state index is -0.0949. The number of nitrogens with one attached hydrogen (secondary N) is 1. The molecule has 0 unspecified atom stereocenters. The van der Waals surface area contributed by atoms with Crippen LogP contribution in [0.1, 0.15) is 25.7 Å². The fourth-order valence-electron chi connectivity index (χ4n) is 2.26. The Morgan fingerprint density at radius 2 is 1.79 bits per heavy atom. The normalized spacial score (nSPS) is 16.3. The molecule has 1 aliphatic rings. The van der Waals surface area contributed by atoms with Gasteiger partial charge in [-0.2, -0.15) is 4.99 Å². The topological polar surface area (TPSA) is 115 Å². The third-order valence-corrected chi connectivity index (χ3v) is 3.10. The maximum absolute atomic E-state index is 5.66. The average molecular weight is 260 g/mol. The number of para-hydroxylation sites is 2. The van der Waals surface area contributed by atoms with Crippen molar-refractivity contribution in [2.75, 3.05) is 5.32 Å². The van der Waals surface area contributed by atoms with Crippen molar-refractivity contribution in [3.63, 3.8) is 0 Å². The summed E-state index contributed by atoms with van der Waals surface area (Å²) in [6, 6.07) is 8.25. The summed E-state index contributed by atoms with van der Waals surface area (Å²) in [6.45, 7) is 0. The van der Waals surface area contributed by atoms with E-state index < -0.39 is 0 Å². The molecule has 0 aromatic heterocycles. The van der Waals surface area contributed by atoms with Crippen molar-refractivity contribution < 1.29 is 0 Å². The fourth-order valence-corrected chi connectivity index (χ4v) is 2.26. The number of benzene rings is 1. The molecule has 0 amide bonds. The van der Waals surface area contributed by atoms with Crippen LogP contribution in [0.2, 0.25) is 0 Å². The van der Waals surface area contributed by atoms with E-state index in [-0.39, 0.29) is 11.9 Å². The van der Waals surface area contributed by atoms with E-state index in [0.29, 0.717) is 6.04 Å². The molecule has 0 atom stereocenters. The van der Waals surface area contributed by atoms with Crippen LogP contribution < -0.4 is 22.5 Å². The van der Waals surface area contributed by atoms with Crippen molar-refractivity contribution in [2.45, 2.75) is 31.7 Å². The molecule has 0 spiro atoms. The molecule has 1 aliphatic carbocycles. The number of rotatable bonds is 3. The molecule has 102 valence electrons. The molecule has 7 N–H and O–H groups in total. The fraction of sp³-hybridized carbons (Fsp3) is 0.385. The van der Waals surface area contributed by atoms with Crippen molar-refractivity contribution in [2.24, 2.45) is 27.2 Å². The van der Waals surface area contributed by atoms with Crippen LogP contribution in [0.4, 0.5) is 11.4 Å². The Balaban J connectivity index is 2.18. The first-order chi connectivity index (χ1) is 9.15. The second-order valence-electron chi connectivity index (χ2n) is 4.65. The van der Waals surface area contributed by atoms with Gasteiger partial charge in [0.25, 0.3) is 0 Å². The van der Waals surface area contributed by atoms with Crippen LogP contribution in [0, 0.1) is 0 Å². The molecule has 1 aromatic rings. The molecule has 0 heterocycles. The number of hydrogen-bond acceptors (Lipinski definition) is 2. The largest absolute Gasteiger partial charge is 0.381 e. The molecule has 2 rings (SSSR count). The van der Waals surface area contributed by atoms with E-state index in [1.807, 2.05) is 24.3 Å². The highest BCUT2D eigenvalue weighted by Crippen LogP contribution is 2.28. The third-order valence-electron chi connectivity index (χ3n) is 3.10. The van der Waals surface area contributed by atoms with Crippen LogP contribution in [-0.2, 0) is 0 Å². The molecule has 1 fully saturated rings. The highest BCUT2D eigenvalue weighted by molar-refractivity contribution is 5.94. The number of nitrogens with two attached hydrogens (primary N) is 3. The Bertz CT molecular complexity index is 484. The maximum Gasteiger partial charge on any atom is 0.223 e. The van der Waals surface area contributed by atoms with E-state index in [9.17, 15) is 0 Å². The Morgan fingerprint density at radius 3 is 2.47 bits per heavy atom. The monoisotopic (exact) mass is 260 g/mol. The molecule has 6 heteroatoms. The summed E-state index contributed by atoms with van der Waals surface area (Å²) in [5.41, 5.74) is 17.9. The van der Waals surface area contributed by atoms with Crippen molar-refractivity contribution in [3.8, 4) is 0 Å². The van der Waals surface area contributed by atoms with Crippen LogP contribution in [0.15, 0.2) is 34.3 Å². The van der Waals surface area contributed by atoms with Crippen molar-refractivity contribution in [1.29, 1.82) is 0 Å². The molecule has 0 bridgehead atoms. The maximum atomic E-state index is 5.66. The predicted molar refractivity (Wildman–Crippen MR) is 79.4 cm³/mol. The zero-order valence-corrected chi connectivity index (χ0v) is 10.8. The molecule has 0 saturated heterocycles. The zero-order chi connectivity index (χ0) is 13.7. The van der Waals surface area contributed by atoms with Crippen LogP contribution in [0.3, 0.4) is 0 Å². The van der Waals surface area contributed by atoms with Gasteiger partial charge in [-0.1, -0.05) is 25.0 Å². The van der Waals surface area contributed by atoms with Gasteiger partial charge >= 0.3 is 0 Å². The van der Waals surface area contributed by atoms with Crippen molar-refractivity contribution in [1.82, 2.24) is 0 Å². The average Bonchev–Trinajstić information content (AvgIpc) is 2.83. The Labute approximate surface area is 112 Å². The molecule has 19 heavy (non-hydrogen) atoms. The van der Waals surface area contributed by atoms with Gasteiger partial charge in [0.1, 0.15) is 0 Å². The first-order valence-corrected chi connectivity index (χ1v) is 6.44.